The third-order valence-electron chi connectivity index (χ3n) is 4.67. The summed E-state index contributed by atoms with van der Waals surface area (Å²) >= 11 is 6.05. The molecule has 0 atom stereocenters. The number of hydrazone groups is 1. The van der Waals surface area contributed by atoms with E-state index in [9.17, 15) is 18.0 Å². The lowest BCUT2D eigenvalue weighted by Gasteiger charge is -2.23. The first-order chi connectivity index (χ1) is 17.2. The molecule has 0 spiro atoms. The SMILES string of the molecule is COC(=O)Oc1ccc(/C=N\NC(=O)CN(c2cccc(Cl)c2)S(=O)(=O)c2ccccc2)cc1OC. The van der Waals surface area contributed by atoms with Gasteiger partial charge in [0.1, 0.15) is 6.54 Å². The molecule has 0 heterocycles. The van der Waals surface area contributed by atoms with Gasteiger partial charge in [0, 0.05) is 5.02 Å². The molecule has 3 aromatic rings. The van der Waals surface area contributed by atoms with Crippen molar-refractivity contribution >= 4 is 45.6 Å². The van der Waals surface area contributed by atoms with Gasteiger partial charge in [-0.25, -0.2) is 18.6 Å². The van der Waals surface area contributed by atoms with Crippen molar-refractivity contribution in [1.29, 1.82) is 0 Å². The minimum Gasteiger partial charge on any atom is -0.493 e. The van der Waals surface area contributed by atoms with Crippen LogP contribution in [0.2, 0.25) is 5.02 Å². The number of hydrogen-bond acceptors (Lipinski definition) is 8. The molecule has 0 aliphatic carbocycles. The molecule has 188 valence electrons. The largest absolute Gasteiger partial charge is 0.513 e. The number of carbonyl (C=O) groups is 2. The average Bonchev–Trinajstić information content (AvgIpc) is 2.88. The molecule has 12 heteroatoms. The van der Waals surface area contributed by atoms with E-state index in [0.717, 1.165) is 4.31 Å². The van der Waals surface area contributed by atoms with Crippen LogP contribution in [0.4, 0.5) is 10.5 Å². The van der Waals surface area contributed by atoms with Crippen LogP contribution in [-0.2, 0) is 19.6 Å². The highest BCUT2D eigenvalue weighted by Crippen LogP contribution is 2.28. The van der Waals surface area contributed by atoms with E-state index in [0.29, 0.717) is 10.6 Å². The highest BCUT2D eigenvalue weighted by atomic mass is 35.5. The molecule has 0 radical (unpaired) electrons. The predicted molar refractivity (Wildman–Crippen MR) is 134 cm³/mol. The fourth-order valence-electron chi connectivity index (χ4n) is 2.99. The maximum absolute atomic E-state index is 13.3. The lowest BCUT2D eigenvalue weighted by Crippen LogP contribution is -2.39. The quantitative estimate of drug-likeness (QED) is 0.192. The maximum Gasteiger partial charge on any atom is 0.513 e. The maximum atomic E-state index is 13.3. The third kappa shape index (κ3) is 6.74. The van der Waals surface area contributed by atoms with Gasteiger partial charge in [-0.1, -0.05) is 35.9 Å². The topological polar surface area (TPSA) is 124 Å². The monoisotopic (exact) mass is 531 g/mol. The van der Waals surface area contributed by atoms with E-state index in [2.05, 4.69) is 15.3 Å². The second kappa shape index (κ2) is 12.0. The molecule has 36 heavy (non-hydrogen) atoms. The van der Waals surface area contributed by atoms with Crippen LogP contribution >= 0.6 is 11.6 Å². The van der Waals surface area contributed by atoms with Gasteiger partial charge in [0.25, 0.3) is 15.9 Å². The van der Waals surface area contributed by atoms with Crippen LogP contribution in [0, 0.1) is 0 Å². The minimum atomic E-state index is -4.08. The molecular weight excluding hydrogens is 510 g/mol. The average molecular weight is 532 g/mol. The summed E-state index contributed by atoms with van der Waals surface area (Å²) in [4.78, 5) is 24.0. The molecule has 1 N–H and O–H groups in total. The van der Waals surface area contributed by atoms with Crippen molar-refractivity contribution in [1.82, 2.24) is 5.43 Å². The summed E-state index contributed by atoms with van der Waals surface area (Å²) in [5.74, 6) is -0.325. The molecule has 0 unspecified atom stereocenters. The minimum absolute atomic E-state index is 0.0163. The molecule has 3 rings (SSSR count). The summed E-state index contributed by atoms with van der Waals surface area (Å²) in [6, 6.07) is 18.4. The van der Waals surface area contributed by atoms with Crippen LogP contribution < -0.4 is 19.2 Å². The Labute approximate surface area is 213 Å². The molecule has 1 amide bonds. The van der Waals surface area contributed by atoms with Gasteiger partial charge in [-0.05, 0) is 54.1 Å². The van der Waals surface area contributed by atoms with Gasteiger partial charge < -0.3 is 14.2 Å². The highest BCUT2D eigenvalue weighted by Gasteiger charge is 2.27. The van der Waals surface area contributed by atoms with Crippen molar-refractivity contribution in [2.75, 3.05) is 25.1 Å². The molecule has 10 nitrogen and oxygen atoms in total. The Bertz CT molecular complexity index is 1370. The van der Waals surface area contributed by atoms with Gasteiger partial charge in [-0.15, -0.1) is 0 Å². The number of anilines is 1. The summed E-state index contributed by atoms with van der Waals surface area (Å²) < 4.78 is 42.1. The van der Waals surface area contributed by atoms with E-state index in [1.54, 1.807) is 36.4 Å². The Morgan fingerprint density at radius 3 is 2.42 bits per heavy atom. The van der Waals surface area contributed by atoms with Crippen LogP contribution in [-0.4, -0.2) is 47.5 Å². The number of benzene rings is 3. The normalized spacial score (nSPS) is 11.1. The number of nitrogens with one attached hydrogen (secondary N) is 1. The Balaban J connectivity index is 1.77. The number of ether oxygens (including phenoxy) is 3. The Kier molecular flexibility index (Phi) is 8.87. The van der Waals surface area contributed by atoms with Gasteiger partial charge in [0.05, 0.1) is 31.0 Å². The molecule has 0 fully saturated rings. The molecule has 0 saturated heterocycles. The zero-order chi connectivity index (χ0) is 26.1. The Morgan fingerprint density at radius 2 is 1.75 bits per heavy atom. The second-order valence-corrected chi connectivity index (χ2v) is 9.36. The Hall–Kier alpha value is -4.09. The summed E-state index contributed by atoms with van der Waals surface area (Å²) in [6.45, 7) is -0.551. The van der Waals surface area contributed by atoms with Crippen molar-refractivity contribution in [3.63, 3.8) is 0 Å². The molecule has 0 bridgehead atoms. The standard InChI is InChI=1S/C24H22ClN3O7S/c1-33-22-13-17(11-12-21(22)35-24(30)34-2)15-26-27-23(29)16-28(19-8-6-7-18(25)14-19)36(31,32)20-9-4-3-5-10-20/h3-15H,16H2,1-2H3,(H,27,29)/b26-15-. The zero-order valence-electron chi connectivity index (χ0n) is 19.3. The number of sulfonamides is 1. The molecule has 0 aromatic heterocycles. The first-order valence-corrected chi connectivity index (χ1v) is 12.2. The second-order valence-electron chi connectivity index (χ2n) is 7.06. The van der Waals surface area contributed by atoms with Crippen LogP contribution in [0.1, 0.15) is 5.56 Å². The van der Waals surface area contributed by atoms with Crippen LogP contribution in [0.15, 0.2) is 82.8 Å². The van der Waals surface area contributed by atoms with E-state index in [-0.39, 0.29) is 22.1 Å². The van der Waals surface area contributed by atoms with Gasteiger partial charge in [-0.2, -0.15) is 5.10 Å². The number of amides is 1. The number of halogens is 1. The van der Waals surface area contributed by atoms with E-state index in [1.165, 1.54) is 56.8 Å². The molecular formula is C24H22ClN3O7S. The van der Waals surface area contributed by atoms with Crippen molar-refractivity contribution in [2.24, 2.45) is 5.10 Å². The van der Waals surface area contributed by atoms with Crippen LogP contribution in [0.3, 0.4) is 0 Å². The highest BCUT2D eigenvalue weighted by molar-refractivity contribution is 7.92. The van der Waals surface area contributed by atoms with E-state index in [4.69, 9.17) is 21.1 Å². The number of nitrogens with zero attached hydrogens (tertiary/aromatic N) is 2. The first kappa shape index (κ1) is 26.5. The lowest BCUT2D eigenvalue weighted by molar-refractivity contribution is -0.119. The first-order valence-electron chi connectivity index (χ1n) is 10.3. The smallest absolute Gasteiger partial charge is 0.493 e. The van der Waals surface area contributed by atoms with Crippen molar-refractivity contribution in [2.45, 2.75) is 4.90 Å². The van der Waals surface area contributed by atoms with Gasteiger partial charge in [-0.3, -0.25) is 9.10 Å². The molecule has 3 aromatic carbocycles. The fraction of sp³-hybridized carbons (Fsp3) is 0.125. The number of carbonyl (C=O) groups excluding carboxylic acids is 2. The van der Waals surface area contributed by atoms with Gasteiger partial charge in [0.15, 0.2) is 11.5 Å². The Morgan fingerprint density at radius 1 is 1.00 bits per heavy atom. The van der Waals surface area contributed by atoms with Crippen LogP contribution in [0.25, 0.3) is 0 Å². The summed E-state index contributed by atoms with van der Waals surface area (Å²) in [6.07, 6.45) is 0.411. The number of hydrogen-bond donors (Lipinski definition) is 1. The fourth-order valence-corrected chi connectivity index (χ4v) is 4.61. The van der Waals surface area contributed by atoms with Crippen LogP contribution in [0.5, 0.6) is 11.5 Å². The summed E-state index contributed by atoms with van der Waals surface area (Å²) in [5.41, 5.74) is 3.03. The molecule has 0 aliphatic rings. The molecule has 0 aliphatic heterocycles. The van der Waals surface area contributed by atoms with Crippen molar-refractivity contribution < 1.29 is 32.2 Å². The van der Waals surface area contributed by atoms with E-state index in [1.807, 2.05) is 0 Å². The lowest BCUT2D eigenvalue weighted by atomic mass is 10.2. The predicted octanol–water partition coefficient (Wildman–Crippen LogP) is 3.84. The molecule has 0 saturated carbocycles. The third-order valence-corrected chi connectivity index (χ3v) is 6.69. The van der Waals surface area contributed by atoms with Crippen molar-refractivity contribution in [3.8, 4) is 11.5 Å². The van der Waals surface area contributed by atoms with Gasteiger partial charge >= 0.3 is 6.16 Å². The van der Waals surface area contributed by atoms with Crippen molar-refractivity contribution in [3.05, 3.63) is 83.4 Å². The summed E-state index contributed by atoms with van der Waals surface area (Å²) in [5, 5.41) is 4.20. The van der Waals surface area contributed by atoms with E-state index < -0.39 is 28.6 Å². The summed E-state index contributed by atoms with van der Waals surface area (Å²) in [7, 11) is -1.51. The van der Waals surface area contributed by atoms with Gasteiger partial charge in [0.2, 0.25) is 0 Å². The number of methoxy groups -OCH3 is 2. The van der Waals surface area contributed by atoms with E-state index >= 15 is 0 Å². The number of rotatable bonds is 9. The zero-order valence-corrected chi connectivity index (χ0v) is 20.8.